The third-order valence-corrected chi connectivity index (χ3v) is 5.29. The van der Waals surface area contributed by atoms with Gasteiger partial charge < -0.3 is 0 Å². The lowest BCUT2D eigenvalue weighted by Crippen LogP contribution is -1.91. The van der Waals surface area contributed by atoms with Crippen molar-refractivity contribution in [2.24, 2.45) is 0 Å². The van der Waals surface area contributed by atoms with Gasteiger partial charge in [0, 0.05) is 0 Å². The summed E-state index contributed by atoms with van der Waals surface area (Å²) in [5, 5.41) is 0. The molecule has 128 valence electrons. The fourth-order valence-electron chi connectivity index (χ4n) is 3.94. The molecule has 27 heavy (non-hydrogen) atoms. The summed E-state index contributed by atoms with van der Waals surface area (Å²) >= 11 is 0. The maximum absolute atomic E-state index is 2.33. The maximum Gasteiger partial charge on any atom is -0.00820 e. The molecule has 0 saturated heterocycles. The van der Waals surface area contributed by atoms with Crippen molar-refractivity contribution < 1.29 is 0 Å². The Bertz CT molecular complexity index is 1060. The summed E-state index contributed by atoms with van der Waals surface area (Å²) in [6, 6.07) is 34.9. The lowest BCUT2D eigenvalue weighted by atomic mass is 9.90. The molecule has 0 aromatic heterocycles. The van der Waals surface area contributed by atoms with E-state index >= 15 is 0 Å². The van der Waals surface area contributed by atoms with Crippen molar-refractivity contribution in [2.75, 3.05) is 0 Å². The van der Waals surface area contributed by atoms with Crippen LogP contribution in [-0.2, 0) is 6.42 Å². The Kier molecular flexibility index (Phi) is 3.95. The van der Waals surface area contributed by atoms with Crippen LogP contribution in [0, 0.1) is 0 Å². The Labute approximate surface area is 160 Å². The van der Waals surface area contributed by atoms with E-state index in [1.54, 1.807) is 0 Å². The number of fused-ring (bicyclic) bond motifs is 1. The molecule has 5 rings (SSSR count). The van der Waals surface area contributed by atoms with Crippen molar-refractivity contribution in [3.63, 3.8) is 0 Å². The van der Waals surface area contributed by atoms with Crippen molar-refractivity contribution in [2.45, 2.75) is 6.42 Å². The molecule has 0 unspecified atom stereocenters. The molecule has 0 spiro atoms. The van der Waals surface area contributed by atoms with Crippen molar-refractivity contribution in [1.82, 2.24) is 0 Å². The van der Waals surface area contributed by atoms with Gasteiger partial charge in [0.15, 0.2) is 0 Å². The number of allylic oxidation sites excluding steroid dienone is 1. The van der Waals surface area contributed by atoms with E-state index in [9.17, 15) is 0 Å². The second-order valence-electron chi connectivity index (χ2n) is 7.01. The van der Waals surface area contributed by atoms with Gasteiger partial charge in [-0.15, -0.1) is 0 Å². The van der Waals surface area contributed by atoms with Gasteiger partial charge in [-0.1, -0.05) is 91.0 Å². The zero-order valence-electron chi connectivity index (χ0n) is 15.1. The molecule has 0 radical (unpaired) electrons. The average molecular weight is 344 g/mol. The lowest BCUT2D eigenvalue weighted by Gasteiger charge is -2.14. The summed E-state index contributed by atoms with van der Waals surface area (Å²) in [7, 11) is 0. The first-order valence-corrected chi connectivity index (χ1v) is 9.43. The fourth-order valence-corrected chi connectivity index (χ4v) is 3.94. The van der Waals surface area contributed by atoms with Gasteiger partial charge >= 0.3 is 0 Å². The highest BCUT2D eigenvalue weighted by molar-refractivity contribution is 5.84. The summed E-state index contributed by atoms with van der Waals surface area (Å²) in [5.74, 6) is 0. The molecule has 4 aromatic carbocycles. The molecule has 1 aliphatic carbocycles. The SMILES string of the molecule is C1=Cc2cccc(-c3cc(-c4ccccc4)cc(-c4ccccc4)c3)c2C1. The zero-order valence-corrected chi connectivity index (χ0v) is 15.1. The van der Waals surface area contributed by atoms with E-state index in [4.69, 9.17) is 0 Å². The molecular weight excluding hydrogens is 324 g/mol. The normalized spacial score (nSPS) is 12.1. The molecule has 0 bridgehead atoms. The standard InChI is InChI=1S/C27H20/c1-3-9-20(10-4-1)23-17-24(21-11-5-2-6-12-21)19-25(18-23)27-16-8-14-22-13-7-15-26(22)27/h1-14,16-19H,15H2. The molecule has 0 amide bonds. The number of hydrogen-bond acceptors (Lipinski definition) is 0. The van der Waals surface area contributed by atoms with Crippen LogP contribution in [0.5, 0.6) is 0 Å². The Hall–Kier alpha value is -3.38. The smallest absolute Gasteiger partial charge is 0.00820 e. The van der Waals surface area contributed by atoms with Gasteiger partial charge in [0.2, 0.25) is 0 Å². The minimum Gasteiger partial charge on any atom is -0.0795 e. The van der Waals surface area contributed by atoms with E-state index in [1.165, 1.54) is 44.5 Å². The van der Waals surface area contributed by atoms with E-state index in [0.717, 1.165) is 6.42 Å². The van der Waals surface area contributed by atoms with Gasteiger partial charge in [-0.3, -0.25) is 0 Å². The van der Waals surface area contributed by atoms with Crippen LogP contribution in [-0.4, -0.2) is 0 Å². The molecule has 4 aromatic rings. The maximum atomic E-state index is 2.33. The molecular formula is C27H20. The van der Waals surface area contributed by atoms with Gasteiger partial charge in [0.05, 0.1) is 0 Å². The highest BCUT2D eigenvalue weighted by Gasteiger charge is 2.13. The van der Waals surface area contributed by atoms with Crippen LogP contribution in [0.25, 0.3) is 39.5 Å². The van der Waals surface area contributed by atoms with Crippen molar-refractivity contribution in [3.8, 4) is 33.4 Å². The lowest BCUT2D eigenvalue weighted by molar-refractivity contribution is 1.31. The van der Waals surface area contributed by atoms with Crippen LogP contribution < -0.4 is 0 Å². The number of benzene rings is 4. The Morgan fingerprint density at radius 1 is 0.481 bits per heavy atom. The number of hydrogen-bond donors (Lipinski definition) is 0. The van der Waals surface area contributed by atoms with Gasteiger partial charge in [-0.2, -0.15) is 0 Å². The summed E-state index contributed by atoms with van der Waals surface area (Å²) in [6.07, 6.45) is 5.51. The Balaban J connectivity index is 1.73. The third-order valence-electron chi connectivity index (χ3n) is 5.29. The second-order valence-corrected chi connectivity index (χ2v) is 7.01. The number of rotatable bonds is 3. The highest BCUT2D eigenvalue weighted by atomic mass is 14.2. The van der Waals surface area contributed by atoms with Crippen LogP contribution in [0.1, 0.15) is 11.1 Å². The van der Waals surface area contributed by atoms with Gasteiger partial charge in [-0.25, -0.2) is 0 Å². The first-order valence-electron chi connectivity index (χ1n) is 9.43. The topological polar surface area (TPSA) is 0 Å². The largest absolute Gasteiger partial charge is 0.0795 e. The zero-order chi connectivity index (χ0) is 18.1. The minimum atomic E-state index is 1.02. The Morgan fingerprint density at radius 2 is 1.07 bits per heavy atom. The predicted molar refractivity (Wildman–Crippen MR) is 115 cm³/mol. The second kappa shape index (κ2) is 6.74. The fraction of sp³-hybridized carbons (Fsp3) is 0.0370. The van der Waals surface area contributed by atoms with E-state index in [2.05, 4.69) is 109 Å². The molecule has 0 N–H and O–H groups in total. The van der Waals surface area contributed by atoms with E-state index < -0.39 is 0 Å². The molecule has 0 heteroatoms. The van der Waals surface area contributed by atoms with Gasteiger partial charge in [0.1, 0.15) is 0 Å². The van der Waals surface area contributed by atoms with E-state index in [-0.39, 0.29) is 0 Å². The van der Waals surface area contributed by atoms with Crippen molar-refractivity contribution in [3.05, 3.63) is 114 Å². The quantitative estimate of drug-likeness (QED) is 0.367. The summed E-state index contributed by atoms with van der Waals surface area (Å²) in [4.78, 5) is 0. The van der Waals surface area contributed by atoms with Crippen LogP contribution >= 0.6 is 0 Å². The first-order chi connectivity index (χ1) is 13.4. The van der Waals surface area contributed by atoms with Crippen LogP contribution in [0.2, 0.25) is 0 Å². The predicted octanol–water partition coefficient (Wildman–Crippen LogP) is 7.26. The van der Waals surface area contributed by atoms with Crippen LogP contribution in [0.4, 0.5) is 0 Å². The molecule has 0 aliphatic heterocycles. The Morgan fingerprint density at radius 3 is 1.70 bits per heavy atom. The molecule has 0 nitrogen and oxygen atoms in total. The summed E-state index contributed by atoms with van der Waals surface area (Å²) < 4.78 is 0. The first kappa shape index (κ1) is 15.8. The van der Waals surface area contributed by atoms with Gasteiger partial charge in [0.25, 0.3) is 0 Å². The molecule has 0 atom stereocenters. The van der Waals surface area contributed by atoms with E-state index in [0.29, 0.717) is 0 Å². The van der Waals surface area contributed by atoms with E-state index in [1.807, 2.05) is 0 Å². The summed E-state index contributed by atoms with van der Waals surface area (Å²) in [5.41, 5.74) is 10.4. The monoisotopic (exact) mass is 344 g/mol. The molecule has 0 fully saturated rings. The van der Waals surface area contributed by atoms with Crippen LogP contribution in [0.15, 0.2) is 103 Å². The van der Waals surface area contributed by atoms with Crippen molar-refractivity contribution in [1.29, 1.82) is 0 Å². The minimum absolute atomic E-state index is 1.02. The average Bonchev–Trinajstić information content (AvgIpc) is 3.24. The van der Waals surface area contributed by atoms with Crippen LogP contribution in [0.3, 0.4) is 0 Å². The van der Waals surface area contributed by atoms with Crippen molar-refractivity contribution >= 4 is 6.08 Å². The molecule has 0 saturated carbocycles. The molecule has 0 heterocycles. The third kappa shape index (κ3) is 3.00. The highest BCUT2D eigenvalue weighted by Crippen LogP contribution is 2.36. The summed E-state index contributed by atoms with van der Waals surface area (Å²) in [6.45, 7) is 0. The van der Waals surface area contributed by atoms with Gasteiger partial charge in [-0.05, 0) is 69.1 Å². The molecule has 1 aliphatic rings.